The van der Waals surface area contributed by atoms with Crippen molar-refractivity contribution in [3.8, 4) is 0 Å². The van der Waals surface area contributed by atoms with E-state index in [1.54, 1.807) is 0 Å². The van der Waals surface area contributed by atoms with E-state index in [1.807, 2.05) is 6.08 Å². The van der Waals surface area contributed by atoms with Crippen LogP contribution in [0.4, 0.5) is 0 Å². The van der Waals surface area contributed by atoms with E-state index in [4.69, 9.17) is 4.74 Å². The summed E-state index contributed by atoms with van der Waals surface area (Å²) in [7, 11) is 1.51. The molecule has 2 aliphatic rings. The lowest BCUT2D eigenvalue weighted by molar-refractivity contribution is -0.162. The molecule has 0 aliphatic heterocycles. The topological polar surface area (TPSA) is 26.3 Å². The van der Waals surface area contributed by atoms with Crippen molar-refractivity contribution in [2.24, 2.45) is 16.7 Å². The van der Waals surface area contributed by atoms with Crippen molar-refractivity contribution in [3.05, 3.63) is 24.3 Å². The molecule has 0 amide bonds. The Morgan fingerprint density at radius 3 is 2.83 bits per heavy atom. The van der Waals surface area contributed by atoms with Crippen molar-refractivity contribution in [1.82, 2.24) is 0 Å². The number of carbonyl (C=O) groups excluding carboxylic acids is 1. The van der Waals surface area contributed by atoms with Crippen molar-refractivity contribution in [2.45, 2.75) is 46.0 Å². The van der Waals surface area contributed by atoms with Crippen LogP contribution in [0.3, 0.4) is 0 Å². The van der Waals surface area contributed by atoms with Gasteiger partial charge in [0.25, 0.3) is 0 Å². The molecule has 1 fully saturated rings. The lowest BCUT2D eigenvalue weighted by Crippen LogP contribution is -2.50. The summed E-state index contributed by atoms with van der Waals surface area (Å²) in [5.74, 6) is 0.341. The fraction of sp³-hybridized carbons (Fsp3) is 0.688. The van der Waals surface area contributed by atoms with Gasteiger partial charge in [-0.05, 0) is 49.5 Å². The van der Waals surface area contributed by atoms with Gasteiger partial charge in [0, 0.05) is 0 Å². The molecule has 0 aromatic rings. The number of allylic oxidation sites excluding steroid dienone is 3. The van der Waals surface area contributed by atoms with Gasteiger partial charge >= 0.3 is 5.97 Å². The molecule has 0 saturated heterocycles. The molecule has 0 radical (unpaired) electrons. The second kappa shape index (κ2) is 4.56. The monoisotopic (exact) mass is 248 g/mol. The van der Waals surface area contributed by atoms with E-state index in [9.17, 15) is 4.79 Å². The number of rotatable bonds is 2. The maximum Gasteiger partial charge on any atom is 0.311 e. The van der Waals surface area contributed by atoms with Crippen LogP contribution in [-0.4, -0.2) is 13.1 Å². The van der Waals surface area contributed by atoms with E-state index in [1.165, 1.54) is 12.7 Å². The molecule has 1 saturated carbocycles. The highest BCUT2D eigenvalue weighted by Gasteiger charge is 2.54. The van der Waals surface area contributed by atoms with Gasteiger partial charge in [0.05, 0.1) is 12.5 Å². The summed E-state index contributed by atoms with van der Waals surface area (Å²) in [6.07, 6.45) is 9.60. The van der Waals surface area contributed by atoms with Crippen LogP contribution in [0.2, 0.25) is 0 Å². The number of carbonyl (C=O) groups is 1. The predicted octanol–water partition coefficient (Wildman–Crippen LogP) is 3.88. The van der Waals surface area contributed by atoms with E-state index in [-0.39, 0.29) is 16.8 Å². The van der Waals surface area contributed by atoms with Crippen LogP contribution >= 0.6 is 0 Å². The highest BCUT2D eigenvalue weighted by molar-refractivity contribution is 5.77. The largest absolute Gasteiger partial charge is 0.469 e. The van der Waals surface area contributed by atoms with Gasteiger partial charge in [0.1, 0.15) is 0 Å². The number of methoxy groups -OCH3 is 1. The van der Waals surface area contributed by atoms with Crippen molar-refractivity contribution >= 4 is 5.97 Å². The standard InChI is InChI=1S/C16H24O2/c1-5-12-8-6-9-13-15(12,2)10-7-11-16(13,3)14(17)18-4/h5,8,13H,1,6-7,9-11H2,2-4H3/t13?,15-,16+/m0/s1. The summed E-state index contributed by atoms with van der Waals surface area (Å²) in [6.45, 7) is 8.34. The van der Waals surface area contributed by atoms with Gasteiger partial charge in [-0.3, -0.25) is 4.79 Å². The first-order chi connectivity index (χ1) is 8.49. The van der Waals surface area contributed by atoms with Crippen LogP contribution in [0, 0.1) is 16.7 Å². The van der Waals surface area contributed by atoms with Crippen molar-refractivity contribution in [3.63, 3.8) is 0 Å². The molecule has 0 aromatic heterocycles. The first kappa shape index (κ1) is 13.4. The second-order valence-corrected chi connectivity index (χ2v) is 6.17. The summed E-state index contributed by atoms with van der Waals surface area (Å²) in [5.41, 5.74) is 1.10. The van der Waals surface area contributed by atoms with E-state index in [2.05, 4.69) is 26.5 Å². The van der Waals surface area contributed by atoms with Gasteiger partial charge in [0.15, 0.2) is 0 Å². The second-order valence-electron chi connectivity index (χ2n) is 6.17. The smallest absolute Gasteiger partial charge is 0.311 e. The van der Waals surface area contributed by atoms with Gasteiger partial charge in [-0.1, -0.05) is 32.1 Å². The van der Waals surface area contributed by atoms with Gasteiger partial charge in [-0.2, -0.15) is 0 Å². The molecule has 2 heteroatoms. The fourth-order valence-electron chi connectivity index (χ4n) is 4.29. The number of fused-ring (bicyclic) bond motifs is 1. The average molecular weight is 248 g/mol. The van der Waals surface area contributed by atoms with Crippen LogP contribution in [0.1, 0.15) is 46.0 Å². The average Bonchev–Trinajstić information content (AvgIpc) is 2.37. The quantitative estimate of drug-likeness (QED) is 0.693. The summed E-state index contributed by atoms with van der Waals surface area (Å²) in [5, 5.41) is 0. The zero-order chi connectivity index (χ0) is 13.4. The van der Waals surface area contributed by atoms with Crippen LogP contribution in [-0.2, 0) is 9.53 Å². The minimum Gasteiger partial charge on any atom is -0.469 e. The van der Waals surface area contributed by atoms with Crippen molar-refractivity contribution in [2.75, 3.05) is 7.11 Å². The van der Waals surface area contributed by atoms with E-state index in [0.717, 1.165) is 32.1 Å². The van der Waals surface area contributed by atoms with Crippen LogP contribution in [0.5, 0.6) is 0 Å². The minimum atomic E-state index is -0.329. The first-order valence-corrected chi connectivity index (χ1v) is 6.90. The molecule has 0 heterocycles. The molecule has 2 rings (SSSR count). The lowest BCUT2D eigenvalue weighted by atomic mass is 9.50. The first-order valence-electron chi connectivity index (χ1n) is 6.90. The Bertz CT molecular complexity index is 396. The molecule has 2 aliphatic carbocycles. The van der Waals surface area contributed by atoms with E-state index in [0.29, 0.717) is 5.92 Å². The molecule has 0 bridgehead atoms. The van der Waals surface area contributed by atoms with Crippen LogP contribution < -0.4 is 0 Å². The molecule has 3 atom stereocenters. The number of ether oxygens (including phenoxy) is 1. The Morgan fingerprint density at radius 2 is 2.22 bits per heavy atom. The Labute approximate surface area is 110 Å². The van der Waals surface area contributed by atoms with E-state index < -0.39 is 0 Å². The Kier molecular flexibility index (Phi) is 3.39. The SMILES string of the molecule is C=CC1=CCCC2[C@](C)(C(=O)OC)CCC[C@@]12C. The highest BCUT2D eigenvalue weighted by Crippen LogP contribution is 2.58. The van der Waals surface area contributed by atoms with E-state index >= 15 is 0 Å². The number of esters is 1. The Morgan fingerprint density at radius 1 is 1.50 bits per heavy atom. The molecule has 1 unspecified atom stereocenters. The number of hydrogen-bond donors (Lipinski definition) is 0. The molecule has 2 nitrogen and oxygen atoms in total. The summed E-state index contributed by atoms with van der Waals surface area (Å²) < 4.78 is 5.07. The van der Waals surface area contributed by atoms with Crippen molar-refractivity contribution in [1.29, 1.82) is 0 Å². The molecule has 18 heavy (non-hydrogen) atoms. The minimum absolute atomic E-state index is 0.0382. The lowest BCUT2D eigenvalue weighted by Gasteiger charge is -2.53. The molecule has 0 spiro atoms. The summed E-state index contributed by atoms with van der Waals surface area (Å²) >= 11 is 0. The third-order valence-electron chi connectivity index (χ3n) is 5.28. The summed E-state index contributed by atoms with van der Waals surface area (Å²) in [6, 6.07) is 0. The zero-order valence-corrected chi connectivity index (χ0v) is 11.8. The molecule has 100 valence electrons. The molecular formula is C16H24O2. The Hall–Kier alpha value is -1.05. The normalized spacial score (nSPS) is 39.5. The zero-order valence-electron chi connectivity index (χ0n) is 11.8. The van der Waals surface area contributed by atoms with Gasteiger partial charge < -0.3 is 4.74 Å². The molecule has 0 N–H and O–H groups in total. The van der Waals surface area contributed by atoms with Gasteiger partial charge in [-0.25, -0.2) is 0 Å². The maximum atomic E-state index is 12.2. The van der Waals surface area contributed by atoms with Crippen LogP contribution in [0.15, 0.2) is 24.3 Å². The fourth-order valence-corrected chi connectivity index (χ4v) is 4.29. The van der Waals surface area contributed by atoms with Crippen molar-refractivity contribution < 1.29 is 9.53 Å². The van der Waals surface area contributed by atoms with Gasteiger partial charge in [0.2, 0.25) is 0 Å². The van der Waals surface area contributed by atoms with Crippen LogP contribution in [0.25, 0.3) is 0 Å². The number of hydrogen-bond acceptors (Lipinski definition) is 2. The maximum absolute atomic E-state index is 12.2. The summed E-state index contributed by atoms with van der Waals surface area (Å²) in [4.78, 5) is 12.2. The third kappa shape index (κ3) is 1.73. The Balaban J connectivity index is 2.43. The highest BCUT2D eigenvalue weighted by atomic mass is 16.5. The predicted molar refractivity (Wildman–Crippen MR) is 73.1 cm³/mol. The third-order valence-corrected chi connectivity index (χ3v) is 5.28. The molecular weight excluding hydrogens is 224 g/mol. The molecule has 0 aromatic carbocycles. The van der Waals surface area contributed by atoms with Gasteiger partial charge in [-0.15, -0.1) is 0 Å².